The summed E-state index contributed by atoms with van der Waals surface area (Å²) >= 11 is 6.17. The first-order valence-corrected chi connectivity index (χ1v) is 13.8. The number of fused-ring (bicyclic) bond motifs is 1. The van der Waals surface area contributed by atoms with Crippen LogP contribution in [0.3, 0.4) is 0 Å². The molecule has 3 aromatic carbocycles. The number of nitrogens with one attached hydrogen (secondary N) is 1. The Labute approximate surface area is 222 Å². The predicted octanol–water partition coefficient (Wildman–Crippen LogP) is 4.47. The van der Waals surface area contributed by atoms with E-state index in [4.69, 9.17) is 21.1 Å². The molecule has 0 unspecified atom stereocenters. The van der Waals surface area contributed by atoms with E-state index in [2.05, 4.69) is 24.1 Å². The molecule has 1 heterocycles. The summed E-state index contributed by atoms with van der Waals surface area (Å²) in [5, 5.41) is 3.23. The Morgan fingerprint density at radius 3 is 2.38 bits per heavy atom. The van der Waals surface area contributed by atoms with Crippen molar-refractivity contribution in [3.8, 4) is 11.5 Å². The number of nitrogens with zero attached hydrogens (tertiary/aromatic N) is 2. The molecule has 0 aromatic heterocycles. The third-order valence-electron chi connectivity index (χ3n) is 6.26. The quantitative estimate of drug-likeness (QED) is 0.428. The molecule has 0 radical (unpaired) electrons. The lowest BCUT2D eigenvalue weighted by atomic mass is 10.1. The van der Waals surface area contributed by atoms with Gasteiger partial charge in [0.1, 0.15) is 11.5 Å². The monoisotopic (exact) mass is 543 g/mol. The first-order valence-electron chi connectivity index (χ1n) is 12.0. The first kappa shape index (κ1) is 26.6. The third-order valence-corrected chi connectivity index (χ3v) is 8.29. The van der Waals surface area contributed by atoms with Crippen LogP contribution < -0.4 is 24.0 Å². The molecule has 10 heteroatoms. The van der Waals surface area contributed by atoms with Gasteiger partial charge in [-0.1, -0.05) is 23.7 Å². The Kier molecular flexibility index (Phi) is 8.14. The number of carbonyl (C=O) groups excluding carboxylic acids is 1. The fraction of sp³-hybridized carbons (Fsp3) is 0.296. The summed E-state index contributed by atoms with van der Waals surface area (Å²) in [7, 11) is -2.51. The van der Waals surface area contributed by atoms with E-state index in [-0.39, 0.29) is 29.4 Å². The molecule has 1 N–H and O–H groups in total. The molecule has 1 aliphatic heterocycles. The number of methoxy groups -OCH3 is 1. The summed E-state index contributed by atoms with van der Waals surface area (Å²) in [6.45, 7) is 6.12. The van der Waals surface area contributed by atoms with Gasteiger partial charge in [0.25, 0.3) is 15.9 Å². The number of amides is 1. The van der Waals surface area contributed by atoms with Crippen molar-refractivity contribution in [3.63, 3.8) is 0 Å². The van der Waals surface area contributed by atoms with Crippen molar-refractivity contribution < 1.29 is 22.7 Å². The Morgan fingerprint density at radius 2 is 1.76 bits per heavy atom. The molecule has 3 aromatic rings. The van der Waals surface area contributed by atoms with Crippen molar-refractivity contribution in [1.29, 1.82) is 0 Å². The molecule has 0 aliphatic carbocycles. The second kappa shape index (κ2) is 11.3. The average molecular weight is 544 g/mol. The van der Waals surface area contributed by atoms with E-state index in [1.807, 2.05) is 24.3 Å². The summed E-state index contributed by atoms with van der Waals surface area (Å²) in [6.07, 6.45) is -1.04. The van der Waals surface area contributed by atoms with Crippen molar-refractivity contribution in [2.45, 2.75) is 31.4 Å². The zero-order chi connectivity index (χ0) is 26.6. The van der Waals surface area contributed by atoms with Crippen LogP contribution in [0.25, 0.3) is 0 Å². The standard InChI is InChI=1S/C27H30ClN3O5S/c1-4-30(5-2)21-9-6-19(7-10-21)17-29-27(32)26-18-31(24-16-20(28)8-15-25(24)36-26)37(33,34)23-13-11-22(35-3)12-14-23/h6-16,26H,4-5,17-18H2,1-3H3,(H,29,32)/t26-/m1/s1. The van der Waals surface area contributed by atoms with Crippen LogP contribution in [0.5, 0.6) is 11.5 Å². The number of rotatable bonds is 9. The minimum absolute atomic E-state index is 0.0635. The van der Waals surface area contributed by atoms with E-state index < -0.39 is 22.0 Å². The molecule has 0 saturated carbocycles. The fourth-order valence-electron chi connectivity index (χ4n) is 4.18. The van der Waals surface area contributed by atoms with Gasteiger partial charge in [-0.3, -0.25) is 9.10 Å². The lowest BCUT2D eigenvalue weighted by molar-refractivity contribution is -0.127. The van der Waals surface area contributed by atoms with Gasteiger partial charge in [-0.15, -0.1) is 0 Å². The van der Waals surface area contributed by atoms with Crippen LogP contribution in [0, 0.1) is 0 Å². The van der Waals surface area contributed by atoms with E-state index in [1.54, 1.807) is 24.3 Å². The summed E-state index contributed by atoms with van der Waals surface area (Å²) in [6, 6.07) is 18.7. The zero-order valence-electron chi connectivity index (χ0n) is 21.0. The number of sulfonamides is 1. The normalized spacial score (nSPS) is 14.9. The highest BCUT2D eigenvalue weighted by atomic mass is 35.5. The molecule has 1 atom stereocenters. The van der Waals surface area contributed by atoms with Gasteiger partial charge in [-0.2, -0.15) is 0 Å². The number of halogens is 1. The van der Waals surface area contributed by atoms with Crippen LogP contribution in [0.15, 0.2) is 71.6 Å². The minimum Gasteiger partial charge on any atom is -0.497 e. The maximum absolute atomic E-state index is 13.6. The minimum atomic E-state index is -4.01. The summed E-state index contributed by atoms with van der Waals surface area (Å²) in [4.78, 5) is 15.4. The lowest BCUT2D eigenvalue weighted by Gasteiger charge is -2.35. The van der Waals surface area contributed by atoms with Crippen molar-refractivity contribution >= 4 is 38.9 Å². The zero-order valence-corrected chi connectivity index (χ0v) is 22.6. The highest BCUT2D eigenvalue weighted by Crippen LogP contribution is 2.39. The fourth-order valence-corrected chi connectivity index (χ4v) is 5.81. The third kappa shape index (κ3) is 5.78. The number of carbonyl (C=O) groups is 1. The predicted molar refractivity (Wildman–Crippen MR) is 145 cm³/mol. The van der Waals surface area contributed by atoms with E-state index in [9.17, 15) is 13.2 Å². The van der Waals surface area contributed by atoms with Crippen molar-refractivity contribution in [2.24, 2.45) is 0 Å². The smallest absolute Gasteiger partial charge is 0.264 e. The van der Waals surface area contributed by atoms with Gasteiger partial charge < -0.3 is 19.7 Å². The van der Waals surface area contributed by atoms with E-state index in [0.717, 1.165) is 24.3 Å². The van der Waals surface area contributed by atoms with Crippen LogP contribution in [0.1, 0.15) is 19.4 Å². The molecule has 0 saturated heterocycles. The summed E-state index contributed by atoms with van der Waals surface area (Å²) < 4.78 is 39.4. The summed E-state index contributed by atoms with van der Waals surface area (Å²) in [5.74, 6) is 0.381. The van der Waals surface area contributed by atoms with E-state index in [1.165, 1.54) is 29.6 Å². The van der Waals surface area contributed by atoms with Gasteiger partial charge in [0, 0.05) is 30.3 Å². The van der Waals surface area contributed by atoms with Crippen LogP contribution in [-0.4, -0.2) is 47.2 Å². The van der Waals surface area contributed by atoms with E-state index in [0.29, 0.717) is 10.8 Å². The molecule has 4 rings (SSSR count). The van der Waals surface area contributed by atoms with Crippen LogP contribution >= 0.6 is 11.6 Å². The number of hydrogen-bond acceptors (Lipinski definition) is 6. The Hall–Kier alpha value is -3.43. The second-order valence-electron chi connectivity index (χ2n) is 8.49. The highest BCUT2D eigenvalue weighted by Gasteiger charge is 2.37. The topological polar surface area (TPSA) is 88.2 Å². The molecule has 8 nitrogen and oxygen atoms in total. The lowest BCUT2D eigenvalue weighted by Crippen LogP contribution is -2.50. The van der Waals surface area contributed by atoms with Gasteiger partial charge in [0.2, 0.25) is 0 Å². The van der Waals surface area contributed by atoms with Gasteiger partial charge >= 0.3 is 0 Å². The van der Waals surface area contributed by atoms with Gasteiger partial charge in [-0.25, -0.2) is 8.42 Å². The van der Waals surface area contributed by atoms with Crippen LogP contribution in [0.2, 0.25) is 5.02 Å². The van der Waals surface area contributed by atoms with Gasteiger partial charge in [0.15, 0.2) is 6.10 Å². The molecule has 0 spiro atoms. The maximum Gasteiger partial charge on any atom is 0.264 e. The van der Waals surface area contributed by atoms with Crippen molar-refractivity contribution in [1.82, 2.24) is 5.32 Å². The largest absolute Gasteiger partial charge is 0.497 e. The molecule has 1 amide bonds. The van der Waals surface area contributed by atoms with E-state index >= 15 is 0 Å². The SMILES string of the molecule is CCN(CC)c1ccc(CNC(=O)[C@H]2CN(S(=O)(=O)c3ccc(OC)cc3)c3cc(Cl)ccc3O2)cc1. The first-order chi connectivity index (χ1) is 17.8. The highest BCUT2D eigenvalue weighted by molar-refractivity contribution is 7.92. The van der Waals surface area contributed by atoms with Gasteiger partial charge in [-0.05, 0) is 74.0 Å². The molecular formula is C27H30ClN3O5S. The maximum atomic E-state index is 13.6. The van der Waals surface area contributed by atoms with Crippen LogP contribution in [-0.2, 0) is 21.4 Å². The average Bonchev–Trinajstić information content (AvgIpc) is 2.92. The number of anilines is 2. The van der Waals surface area contributed by atoms with Gasteiger partial charge in [0.05, 0.1) is 24.2 Å². The molecule has 0 bridgehead atoms. The number of ether oxygens (including phenoxy) is 2. The number of benzene rings is 3. The molecule has 1 aliphatic rings. The molecule has 37 heavy (non-hydrogen) atoms. The Bertz CT molecular complexity index is 1340. The van der Waals surface area contributed by atoms with Crippen LogP contribution in [0.4, 0.5) is 11.4 Å². The second-order valence-corrected chi connectivity index (χ2v) is 10.8. The molecule has 196 valence electrons. The Morgan fingerprint density at radius 1 is 1.08 bits per heavy atom. The van der Waals surface area contributed by atoms with Crippen molar-refractivity contribution in [2.75, 3.05) is 35.9 Å². The van der Waals surface area contributed by atoms with Crippen molar-refractivity contribution in [3.05, 3.63) is 77.3 Å². The Balaban J connectivity index is 1.53. The summed E-state index contributed by atoms with van der Waals surface area (Å²) in [5.41, 5.74) is 2.32. The molecule has 0 fully saturated rings. The molecular weight excluding hydrogens is 514 g/mol. The number of hydrogen-bond donors (Lipinski definition) is 1.